The van der Waals surface area contributed by atoms with Crippen LogP contribution in [0.2, 0.25) is 0 Å². The van der Waals surface area contributed by atoms with Gasteiger partial charge in [-0.2, -0.15) is 18.3 Å². The number of carbonyl (C=O) groups is 1. The van der Waals surface area contributed by atoms with Gasteiger partial charge in [0, 0.05) is 19.5 Å². The molecule has 0 spiro atoms. The van der Waals surface area contributed by atoms with Crippen LogP contribution >= 0.6 is 0 Å². The topological polar surface area (TPSA) is 72.9 Å². The molecule has 0 radical (unpaired) electrons. The summed E-state index contributed by atoms with van der Waals surface area (Å²) in [5, 5.41) is 5.94. The van der Waals surface area contributed by atoms with E-state index in [4.69, 9.17) is 5.73 Å². The Balaban J connectivity index is 1.83. The van der Waals surface area contributed by atoms with Gasteiger partial charge in [-0.25, -0.2) is 8.78 Å². The average molecular weight is 438 g/mol. The molecule has 2 aromatic carbocycles. The number of hydrogen-bond donors (Lipinski definition) is 2. The summed E-state index contributed by atoms with van der Waals surface area (Å²) in [6.45, 7) is 0. The van der Waals surface area contributed by atoms with Crippen molar-refractivity contribution in [2.75, 3.05) is 5.32 Å². The molecule has 1 heterocycles. The lowest BCUT2D eigenvalue weighted by molar-refractivity contribution is -0.141. The molecule has 1 aromatic heterocycles. The van der Waals surface area contributed by atoms with Crippen LogP contribution in [0.5, 0.6) is 0 Å². The number of nitrogens with zero attached hydrogens (tertiary/aromatic N) is 2. The number of amides is 1. The van der Waals surface area contributed by atoms with Crippen molar-refractivity contribution in [3.05, 3.63) is 71.4 Å². The van der Waals surface area contributed by atoms with E-state index in [1.165, 1.54) is 43.4 Å². The fourth-order valence-electron chi connectivity index (χ4n) is 3.17. The maximum Gasteiger partial charge on any atom is 0.435 e. The quantitative estimate of drug-likeness (QED) is 0.565. The molecule has 164 valence electrons. The van der Waals surface area contributed by atoms with E-state index in [-0.39, 0.29) is 29.8 Å². The molecular weight excluding hydrogens is 419 g/mol. The molecule has 3 rings (SSSR count). The van der Waals surface area contributed by atoms with Crippen LogP contribution < -0.4 is 11.1 Å². The third kappa shape index (κ3) is 5.46. The van der Waals surface area contributed by atoms with Crippen molar-refractivity contribution in [1.82, 2.24) is 9.78 Å². The van der Waals surface area contributed by atoms with E-state index in [1.54, 1.807) is 0 Å². The van der Waals surface area contributed by atoms with Crippen LogP contribution in [-0.2, 0) is 24.4 Å². The van der Waals surface area contributed by atoms with Crippen molar-refractivity contribution < 1.29 is 26.7 Å². The summed E-state index contributed by atoms with van der Waals surface area (Å²) >= 11 is 0. The first-order chi connectivity index (χ1) is 14.5. The Morgan fingerprint density at radius 1 is 1.06 bits per heavy atom. The number of rotatable bonds is 6. The third-order valence-electron chi connectivity index (χ3n) is 4.57. The van der Waals surface area contributed by atoms with Crippen LogP contribution in [0.25, 0.3) is 11.1 Å². The number of nitrogens with one attached hydrogen (secondary N) is 1. The number of benzene rings is 2. The largest absolute Gasteiger partial charge is 0.435 e. The molecule has 5 nitrogen and oxygen atoms in total. The van der Waals surface area contributed by atoms with Crippen LogP contribution in [0.15, 0.2) is 48.5 Å². The lowest BCUT2D eigenvalue weighted by atomic mass is 10.0. The number of halogens is 5. The first-order valence-corrected chi connectivity index (χ1v) is 9.24. The van der Waals surface area contributed by atoms with Crippen molar-refractivity contribution >= 4 is 11.7 Å². The maximum absolute atomic E-state index is 13.5. The van der Waals surface area contributed by atoms with Crippen molar-refractivity contribution in [1.29, 1.82) is 0 Å². The van der Waals surface area contributed by atoms with Gasteiger partial charge in [0.05, 0.1) is 5.56 Å². The van der Waals surface area contributed by atoms with Gasteiger partial charge in [0.25, 0.3) is 0 Å². The zero-order valence-electron chi connectivity index (χ0n) is 16.4. The predicted octanol–water partition coefficient (Wildman–Crippen LogP) is 4.28. The van der Waals surface area contributed by atoms with E-state index in [0.29, 0.717) is 5.56 Å². The fraction of sp³-hybridized carbons (Fsp3) is 0.238. The first kappa shape index (κ1) is 22.4. The molecule has 0 bridgehead atoms. The molecule has 1 atom stereocenters. The van der Waals surface area contributed by atoms with E-state index in [0.717, 1.165) is 16.8 Å². The summed E-state index contributed by atoms with van der Waals surface area (Å²) in [4.78, 5) is 12.5. The average Bonchev–Trinajstić information content (AvgIpc) is 3.01. The molecule has 10 heteroatoms. The normalized spacial score (nSPS) is 12.6. The van der Waals surface area contributed by atoms with Crippen LogP contribution in [-0.4, -0.2) is 21.7 Å². The molecule has 0 fully saturated rings. The summed E-state index contributed by atoms with van der Waals surface area (Å²) in [5.74, 6) is -1.81. The van der Waals surface area contributed by atoms with E-state index in [1.807, 2.05) is 0 Å². The standard InChI is InChI=1S/C21H19F5N4O/c1-30-20(28-17(31)11-16(27)10-12-2-6-14(22)7-3-12)18(19(29-30)21(24,25)26)13-4-8-15(23)9-5-13/h2-9,16H,10-11,27H2,1H3,(H,28,31)/t16-/m1/s1. The van der Waals surface area contributed by atoms with Gasteiger partial charge in [-0.3, -0.25) is 9.48 Å². The number of aromatic nitrogens is 2. The number of anilines is 1. The second kappa shape index (κ2) is 8.84. The van der Waals surface area contributed by atoms with Crippen LogP contribution in [0, 0.1) is 11.6 Å². The summed E-state index contributed by atoms with van der Waals surface area (Å²) in [6.07, 6.45) is -4.70. The van der Waals surface area contributed by atoms with Gasteiger partial charge in [0.2, 0.25) is 5.91 Å². The Morgan fingerprint density at radius 2 is 1.61 bits per heavy atom. The summed E-state index contributed by atoms with van der Waals surface area (Å²) in [6, 6.07) is 9.37. The summed E-state index contributed by atoms with van der Waals surface area (Å²) in [7, 11) is 1.26. The van der Waals surface area contributed by atoms with Crippen LogP contribution in [0.4, 0.5) is 27.8 Å². The molecule has 0 saturated carbocycles. The molecule has 3 aromatic rings. The molecule has 31 heavy (non-hydrogen) atoms. The Morgan fingerprint density at radius 3 is 2.16 bits per heavy atom. The highest BCUT2D eigenvalue weighted by molar-refractivity contribution is 5.95. The maximum atomic E-state index is 13.5. The van der Waals surface area contributed by atoms with Gasteiger partial charge in [-0.05, 0) is 41.8 Å². The van der Waals surface area contributed by atoms with Crippen molar-refractivity contribution in [2.45, 2.75) is 25.1 Å². The summed E-state index contributed by atoms with van der Waals surface area (Å²) in [5.41, 5.74) is 5.18. The van der Waals surface area contributed by atoms with Gasteiger partial charge in [-0.15, -0.1) is 0 Å². The monoisotopic (exact) mass is 438 g/mol. The van der Waals surface area contributed by atoms with Crippen molar-refractivity contribution in [3.63, 3.8) is 0 Å². The second-order valence-electron chi connectivity index (χ2n) is 7.04. The van der Waals surface area contributed by atoms with Gasteiger partial charge < -0.3 is 11.1 Å². The highest BCUT2D eigenvalue weighted by Gasteiger charge is 2.39. The minimum absolute atomic E-state index is 0.0488. The predicted molar refractivity (Wildman–Crippen MR) is 105 cm³/mol. The zero-order chi connectivity index (χ0) is 22.8. The summed E-state index contributed by atoms with van der Waals surface area (Å²) < 4.78 is 67.7. The molecule has 0 aliphatic heterocycles. The van der Waals surface area contributed by atoms with Crippen LogP contribution in [0.1, 0.15) is 17.7 Å². The smallest absolute Gasteiger partial charge is 0.327 e. The molecule has 1 amide bonds. The molecule has 0 saturated heterocycles. The number of nitrogens with two attached hydrogens (primary N) is 1. The number of alkyl halides is 3. The van der Waals surface area contributed by atoms with E-state index < -0.39 is 35.5 Å². The third-order valence-corrected chi connectivity index (χ3v) is 4.57. The number of aryl methyl sites for hydroxylation is 1. The molecular formula is C21H19F5N4O. The van der Waals surface area contributed by atoms with Gasteiger partial charge in [-0.1, -0.05) is 24.3 Å². The highest BCUT2D eigenvalue weighted by atomic mass is 19.4. The van der Waals surface area contributed by atoms with Crippen molar-refractivity contribution in [2.24, 2.45) is 12.8 Å². The Kier molecular flexibility index (Phi) is 6.40. The molecule has 0 unspecified atom stereocenters. The Bertz CT molecular complexity index is 1060. The zero-order valence-corrected chi connectivity index (χ0v) is 16.4. The molecule has 0 aliphatic carbocycles. The van der Waals surface area contributed by atoms with Crippen LogP contribution in [0.3, 0.4) is 0 Å². The SMILES string of the molecule is Cn1nc(C(F)(F)F)c(-c2ccc(F)cc2)c1NC(=O)C[C@H](N)Cc1ccc(F)cc1. The lowest BCUT2D eigenvalue weighted by Gasteiger charge is -2.14. The second-order valence-corrected chi connectivity index (χ2v) is 7.04. The Hall–Kier alpha value is -3.27. The molecule has 0 aliphatic rings. The molecule has 3 N–H and O–H groups in total. The van der Waals surface area contributed by atoms with E-state index in [2.05, 4.69) is 10.4 Å². The minimum Gasteiger partial charge on any atom is -0.327 e. The van der Waals surface area contributed by atoms with E-state index in [9.17, 15) is 26.7 Å². The van der Waals surface area contributed by atoms with Crippen molar-refractivity contribution in [3.8, 4) is 11.1 Å². The highest BCUT2D eigenvalue weighted by Crippen LogP contribution is 2.40. The minimum atomic E-state index is -4.79. The number of carbonyl (C=O) groups excluding carboxylic acids is 1. The fourth-order valence-corrected chi connectivity index (χ4v) is 3.17. The lowest BCUT2D eigenvalue weighted by Crippen LogP contribution is -2.29. The van der Waals surface area contributed by atoms with Gasteiger partial charge >= 0.3 is 6.18 Å². The first-order valence-electron chi connectivity index (χ1n) is 9.24. The van der Waals surface area contributed by atoms with E-state index >= 15 is 0 Å². The Labute approximate surface area is 174 Å². The van der Waals surface area contributed by atoms with Gasteiger partial charge in [0.1, 0.15) is 17.5 Å². The van der Waals surface area contributed by atoms with Gasteiger partial charge in [0.15, 0.2) is 5.69 Å². The number of hydrogen-bond acceptors (Lipinski definition) is 3.